The van der Waals surface area contributed by atoms with Crippen molar-refractivity contribution in [2.45, 2.75) is 19.9 Å². The highest BCUT2D eigenvalue weighted by Gasteiger charge is 2.46. The summed E-state index contributed by atoms with van der Waals surface area (Å²) in [5.74, 6) is -0.471. The van der Waals surface area contributed by atoms with E-state index in [0.717, 1.165) is 18.7 Å². The van der Waals surface area contributed by atoms with E-state index in [4.69, 9.17) is 9.47 Å². The number of ketones is 1. The number of para-hydroxylation sites is 1. The van der Waals surface area contributed by atoms with Crippen molar-refractivity contribution in [1.29, 1.82) is 0 Å². The first-order valence-corrected chi connectivity index (χ1v) is 10.7. The van der Waals surface area contributed by atoms with E-state index in [1.165, 1.54) is 7.11 Å². The number of hydrogen-bond donors (Lipinski definition) is 1. The molecule has 1 aliphatic heterocycles. The third-order valence-electron chi connectivity index (χ3n) is 5.89. The highest BCUT2D eigenvalue weighted by molar-refractivity contribution is 6.46. The molecule has 0 aromatic heterocycles. The number of aliphatic hydroxyl groups excluding tert-OH is 1. The van der Waals surface area contributed by atoms with Crippen LogP contribution in [0.2, 0.25) is 0 Å². The lowest BCUT2D eigenvalue weighted by molar-refractivity contribution is -0.140. The van der Waals surface area contributed by atoms with Crippen LogP contribution in [-0.4, -0.2) is 67.0 Å². The molecule has 1 unspecified atom stereocenters. The smallest absolute Gasteiger partial charge is 0.295 e. The molecule has 32 heavy (non-hydrogen) atoms. The molecule has 0 radical (unpaired) electrons. The largest absolute Gasteiger partial charge is 0.507 e. The number of likely N-dealkylation sites (tertiary alicyclic amines) is 1. The number of benzene rings is 2. The van der Waals surface area contributed by atoms with Gasteiger partial charge in [-0.25, -0.2) is 0 Å². The Labute approximate surface area is 188 Å². The Hall–Kier alpha value is -3.32. The number of carbonyl (C=O) groups excluding carboxylic acids is 2. The Kier molecular flexibility index (Phi) is 7.53. The Balaban J connectivity index is 2.12. The van der Waals surface area contributed by atoms with Crippen LogP contribution < -0.4 is 9.47 Å². The maximum Gasteiger partial charge on any atom is 0.295 e. The maximum absolute atomic E-state index is 13.1. The minimum atomic E-state index is -0.707. The molecule has 2 aromatic rings. The van der Waals surface area contributed by atoms with Crippen LogP contribution in [0.15, 0.2) is 54.1 Å². The normalized spacial score (nSPS) is 17.8. The number of aliphatic hydroxyl groups is 1. The Morgan fingerprint density at radius 3 is 2.25 bits per heavy atom. The van der Waals surface area contributed by atoms with Crippen molar-refractivity contribution < 1.29 is 24.2 Å². The predicted molar refractivity (Wildman–Crippen MR) is 123 cm³/mol. The van der Waals surface area contributed by atoms with Gasteiger partial charge in [0.05, 0.1) is 31.4 Å². The summed E-state index contributed by atoms with van der Waals surface area (Å²) in [6, 6.07) is 13.4. The predicted octanol–water partition coefficient (Wildman–Crippen LogP) is 3.47. The summed E-state index contributed by atoms with van der Waals surface area (Å²) in [5.41, 5.74) is 1.15. The summed E-state index contributed by atoms with van der Waals surface area (Å²) in [4.78, 5) is 29.9. The molecule has 1 heterocycles. The first kappa shape index (κ1) is 23.3. The van der Waals surface area contributed by atoms with E-state index in [-0.39, 0.29) is 11.3 Å². The lowest BCUT2D eigenvalue weighted by Gasteiger charge is -2.28. The summed E-state index contributed by atoms with van der Waals surface area (Å²) < 4.78 is 10.6. The number of ether oxygens (including phenoxy) is 2. The van der Waals surface area contributed by atoms with Gasteiger partial charge in [0.25, 0.3) is 11.7 Å². The first-order valence-electron chi connectivity index (χ1n) is 10.7. The van der Waals surface area contributed by atoms with Gasteiger partial charge < -0.3 is 24.4 Å². The molecular weight excluding hydrogens is 408 g/mol. The molecule has 0 spiro atoms. The van der Waals surface area contributed by atoms with Crippen LogP contribution in [0, 0.1) is 0 Å². The molecule has 7 nitrogen and oxygen atoms in total. The molecule has 1 N–H and O–H groups in total. The van der Waals surface area contributed by atoms with Crippen LogP contribution in [-0.2, 0) is 9.59 Å². The summed E-state index contributed by atoms with van der Waals surface area (Å²) in [5, 5.41) is 11.2. The average molecular weight is 439 g/mol. The first-order chi connectivity index (χ1) is 15.5. The number of nitrogens with zero attached hydrogens (tertiary/aromatic N) is 2. The second-order valence-electron chi connectivity index (χ2n) is 7.49. The van der Waals surface area contributed by atoms with Crippen LogP contribution in [0.3, 0.4) is 0 Å². The van der Waals surface area contributed by atoms with Crippen LogP contribution in [0.25, 0.3) is 5.76 Å². The molecule has 2 aromatic carbocycles. The van der Waals surface area contributed by atoms with Crippen molar-refractivity contribution >= 4 is 17.4 Å². The number of hydrogen-bond acceptors (Lipinski definition) is 6. The number of methoxy groups -OCH3 is 2. The third-order valence-corrected chi connectivity index (χ3v) is 5.89. The lowest BCUT2D eigenvalue weighted by atomic mass is 9.95. The molecule has 3 rings (SSSR count). The van der Waals surface area contributed by atoms with Crippen molar-refractivity contribution in [3.8, 4) is 11.5 Å². The van der Waals surface area contributed by atoms with Gasteiger partial charge in [-0.15, -0.1) is 0 Å². The maximum atomic E-state index is 13.1. The van der Waals surface area contributed by atoms with Crippen molar-refractivity contribution in [3.63, 3.8) is 0 Å². The molecule has 0 aliphatic carbocycles. The fraction of sp³-hybridized carbons (Fsp3) is 0.360. The van der Waals surface area contributed by atoms with E-state index in [1.807, 2.05) is 12.1 Å². The van der Waals surface area contributed by atoms with Crippen LogP contribution in [0.4, 0.5) is 0 Å². The molecular formula is C25H30N2O5. The molecule has 170 valence electrons. The third kappa shape index (κ3) is 4.48. The van der Waals surface area contributed by atoms with Crippen LogP contribution in [0.1, 0.15) is 31.0 Å². The van der Waals surface area contributed by atoms with Gasteiger partial charge in [0.2, 0.25) is 0 Å². The van der Waals surface area contributed by atoms with E-state index >= 15 is 0 Å². The van der Waals surface area contributed by atoms with E-state index < -0.39 is 17.7 Å². The van der Waals surface area contributed by atoms with Gasteiger partial charge in [0.1, 0.15) is 17.3 Å². The zero-order valence-electron chi connectivity index (χ0n) is 19.0. The molecule has 1 aliphatic rings. The highest BCUT2D eigenvalue weighted by Crippen LogP contribution is 2.41. The number of rotatable bonds is 9. The van der Waals surface area contributed by atoms with Gasteiger partial charge in [-0.3, -0.25) is 9.59 Å². The fourth-order valence-electron chi connectivity index (χ4n) is 4.02. The Morgan fingerprint density at radius 1 is 1.00 bits per heavy atom. The van der Waals surface area contributed by atoms with Crippen molar-refractivity contribution in [2.75, 3.05) is 40.4 Å². The monoisotopic (exact) mass is 438 g/mol. The zero-order valence-corrected chi connectivity index (χ0v) is 19.0. The second-order valence-corrected chi connectivity index (χ2v) is 7.49. The minimum absolute atomic E-state index is 0.0595. The Bertz CT molecular complexity index is 996. The number of likely N-dealkylation sites (N-methyl/N-ethyl adjacent to an activating group) is 1. The van der Waals surface area contributed by atoms with Crippen LogP contribution >= 0.6 is 0 Å². The summed E-state index contributed by atoms with van der Waals surface area (Å²) in [6.45, 7) is 6.79. The molecule has 0 saturated carbocycles. The minimum Gasteiger partial charge on any atom is -0.507 e. The summed E-state index contributed by atoms with van der Waals surface area (Å²) in [6.07, 6.45) is 0. The van der Waals surface area contributed by atoms with Gasteiger partial charge in [0, 0.05) is 13.1 Å². The summed E-state index contributed by atoms with van der Waals surface area (Å²) in [7, 11) is 3.07. The fourth-order valence-corrected chi connectivity index (χ4v) is 4.02. The molecule has 7 heteroatoms. The quantitative estimate of drug-likeness (QED) is 0.367. The van der Waals surface area contributed by atoms with E-state index in [9.17, 15) is 14.7 Å². The van der Waals surface area contributed by atoms with Gasteiger partial charge in [-0.05, 0) is 42.9 Å². The molecule has 1 fully saturated rings. The molecule has 1 amide bonds. The number of carbonyl (C=O) groups is 2. The molecule has 0 bridgehead atoms. The molecule has 1 atom stereocenters. The van der Waals surface area contributed by atoms with Gasteiger partial charge >= 0.3 is 0 Å². The van der Waals surface area contributed by atoms with E-state index in [0.29, 0.717) is 30.2 Å². The standard InChI is InChI=1S/C25H30N2O5/c1-5-26(6-2)15-16-27-22(17-11-13-18(31-3)14-12-17)21(24(29)25(27)30)23(28)19-9-7-8-10-20(19)32-4/h7-14,22,28H,5-6,15-16H2,1-4H3/b23-21-. The van der Waals surface area contributed by atoms with Gasteiger partial charge in [-0.2, -0.15) is 0 Å². The highest BCUT2D eigenvalue weighted by atomic mass is 16.5. The van der Waals surface area contributed by atoms with Crippen LogP contribution in [0.5, 0.6) is 11.5 Å². The topological polar surface area (TPSA) is 79.3 Å². The van der Waals surface area contributed by atoms with Gasteiger partial charge in [-0.1, -0.05) is 38.1 Å². The lowest BCUT2D eigenvalue weighted by Crippen LogP contribution is -2.38. The number of amides is 1. The second kappa shape index (κ2) is 10.3. The van der Waals surface area contributed by atoms with Crippen molar-refractivity contribution in [2.24, 2.45) is 0 Å². The SMILES string of the molecule is CCN(CC)CCN1C(=O)C(=O)/C(=C(\O)c2ccccc2OC)C1c1ccc(OC)cc1. The van der Waals surface area contributed by atoms with Gasteiger partial charge in [0.15, 0.2) is 0 Å². The van der Waals surface area contributed by atoms with Crippen molar-refractivity contribution in [1.82, 2.24) is 9.80 Å². The van der Waals surface area contributed by atoms with Crippen molar-refractivity contribution in [3.05, 3.63) is 65.2 Å². The Morgan fingerprint density at radius 2 is 1.66 bits per heavy atom. The summed E-state index contributed by atoms with van der Waals surface area (Å²) >= 11 is 0. The number of Topliss-reactive ketones (excluding diaryl/α,β-unsaturated/α-hetero) is 1. The zero-order chi connectivity index (χ0) is 23.3. The van der Waals surface area contributed by atoms with E-state index in [1.54, 1.807) is 48.4 Å². The van der Waals surface area contributed by atoms with E-state index in [2.05, 4.69) is 18.7 Å². The molecule has 1 saturated heterocycles. The average Bonchev–Trinajstić information content (AvgIpc) is 3.09.